The lowest BCUT2D eigenvalue weighted by atomic mass is 9.46. The molecular formula is C21H37IN4O. The molecule has 0 aromatic carbocycles. The fourth-order valence-electron chi connectivity index (χ4n) is 6.50. The highest BCUT2D eigenvalue weighted by atomic mass is 127. The van der Waals surface area contributed by atoms with E-state index in [1.54, 1.807) is 0 Å². The number of fused-ring (bicyclic) bond motifs is 2. The number of hydrogen-bond donors (Lipinski definition) is 1. The van der Waals surface area contributed by atoms with Crippen molar-refractivity contribution in [2.75, 3.05) is 39.3 Å². The molecule has 0 radical (unpaired) electrons. The number of rotatable bonds is 3. The minimum Gasteiger partial charge on any atom is -0.377 e. The molecule has 3 aliphatic heterocycles. The highest BCUT2D eigenvalue weighted by Crippen LogP contribution is 2.62. The number of likely N-dealkylation sites (tertiary alicyclic amines) is 2. The third-order valence-electron chi connectivity index (χ3n) is 8.00. The normalized spacial score (nSPS) is 38.1. The maximum absolute atomic E-state index is 6.10. The van der Waals surface area contributed by atoms with E-state index in [9.17, 15) is 0 Å². The van der Waals surface area contributed by atoms with Crippen molar-refractivity contribution in [2.45, 2.75) is 76.5 Å². The van der Waals surface area contributed by atoms with Crippen LogP contribution < -0.4 is 5.32 Å². The first-order chi connectivity index (χ1) is 12.8. The minimum absolute atomic E-state index is 0. The van der Waals surface area contributed by atoms with Crippen LogP contribution in [0.5, 0.6) is 0 Å². The van der Waals surface area contributed by atoms with Gasteiger partial charge in [-0.25, -0.2) is 0 Å². The third kappa shape index (κ3) is 3.41. The molecule has 3 heterocycles. The Hall–Kier alpha value is -0.0800. The summed E-state index contributed by atoms with van der Waals surface area (Å²) >= 11 is 0. The van der Waals surface area contributed by atoms with Gasteiger partial charge < -0.3 is 15.0 Å². The third-order valence-corrected chi connectivity index (χ3v) is 8.00. The van der Waals surface area contributed by atoms with Gasteiger partial charge in [-0.3, -0.25) is 9.89 Å². The number of hydrogen-bond acceptors (Lipinski definition) is 3. The Morgan fingerprint density at radius 2 is 1.93 bits per heavy atom. The molecule has 4 atom stereocenters. The highest BCUT2D eigenvalue weighted by Gasteiger charge is 2.66. The molecule has 0 aromatic heterocycles. The Labute approximate surface area is 181 Å². The molecule has 5 aliphatic rings. The van der Waals surface area contributed by atoms with Crippen molar-refractivity contribution in [2.24, 2.45) is 16.3 Å². The summed E-state index contributed by atoms with van der Waals surface area (Å²) in [6.45, 7) is 8.94. The van der Waals surface area contributed by atoms with E-state index in [-0.39, 0.29) is 24.0 Å². The van der Waals surface area contributed by atoms with Crippen LogP contribution in [0.3, 0.4) is 0 Å². The van der Waals surface area contributed by atoms with Gasteiger partial charge in [-0.1, -0.05) is 12.8 Å². The summed E-state index contributed by atoms with van der Waals surface area (Å²) in [5, 5.41) is 3.96. The van der Waals surface area contributed by atoms with Crippen LogP contribution in [-0.4, -0.2) is 73.3 Å². The molecule has 154 valence electrons. The number of nitrogens with one attached hydrogen (secondary N) is 1. The van der Waals surface area contributed by atoms with E-state index < -0.39 is 0 Å². The average molecular weight is 488 g/mol. The number of aliphatic imine (C=N–C) groups is 1. The quantitative estimate of drug-likeness (QED) is 0.377. The molecule has 5 rings (SSSR count). The van der Waals surface area contributed by atoms with Crippen LogP contribution in [0, 0.1) is 11.3 Å². The lowest BCUT2D eigenvalue weighted by Crippen LogP contribution is -2.72. The zero-order valence-electron chi connectivity index (χ0n) is 16.9. The van der Waals surface area contributed by atoms with E-state index in [4.69, 9.17) is 9.73 Å². The molecule has 1 N–H and O–H groups in total. The first kappa shape index (κ1) is 20.2. The lowest BCUT2D eigenvalue weighted by Gasteiger charge is -2.63. The number of ether oxygens (including phenoxy) is 1. The van der Waals surface area contributed by atoms with Crippen molar-refractivity contribution >= 4 is 29.9 Å². The van der Waals surface area contributed by atoms with E-state index in [1.165, 1.54) is 70.4 Å². The number of nitrogens with zero attached hydrogens (tertiary/aromatic N) is 3. The molecule has 27 heavy (non-hydrogen) atoms. The first-order valence-electron chi connectivity index (χ1n) is 11.2. The van der Waals surface area contributed by atoms with Gasteiger partial charge in [0.1, 0.15) is 0 Å². The maximum Gasteiger partial charge on any atom is 0.194 e. The molecular weight excluding hydrogens is 451 g/mol. The predicted molar refractivity (Wildman–Crippen MR) is 120 cm³/mol. The Balaban J connectivity index is 0.00000180. The van der Waals surface area contributed by atoms with Crippen molar-refractivity contribution in [3.05, 3.63) is 0 Å². The van der Waals surface area contributed by atoms with E-state index in [0.717, 1.165) is 38.2 Å². The smallest absolute Gasteiger partial charge is 0.194 e. The molecule has 0 aromatic rings. The highest BCUT2D eigenvalue weighted by molar-refractivity contribution is 14.0. The summed E-state index contributed by atoms with van der Waals surface area (Å²) in [6, 6.07) is 1.34. The van der Waals surface area contributed by atoms with Gasteiger partial charge in [0, 0.05) is 49.7 Å². The fourth-order valence-corrected chi connectivity index (χ4v) is 6.50. The van der Waals surface area contributed by atoms with Crippen LogP contribution in [0.2, 0.25) is 0 Å². The van der Waals surface area contributed by atoms with Gasteiger partial charge in [0.05, 0.1) is 6.10 Å². The maximum atomic E-state index is 6.10. The summed E-state index contributed by atoms with van der Waals surface area (Å²) < 4.78 is 6.10. The average Bonchev–Trinajstić information content (AvgIpc) is 3.26. The van der Waals surface area contributed by atoms with Gasteiger partial charge in [0.25, 0.3) is 0 Å². The second-order valence-electron chi connectivity index (χ2n) is 9.24. The summed E-state index contributed by atoms with van der Waals surface area (Å²) in [4.78, 5) is 10.2. The molecule has 3 saturated heterocycles. The summed E-state index contributed by atoms with van der Waals surface area (Å²) in [5.41, 5.74) is 0.432. The summed E-state index contributed by atoms with van der Waals surface area (Å²) in [5.74, 6) is 1.91. The van der Waals surface area contributed by atoms with Gasteiger partial charge in [-0.15, -0.1) is 24.0 Å². The Kier molecular flexibility index (Phi) is 6.24. The Bertz CT molecular complexity index is 546. The van der Waals surface area contributed by atoms with Crippen molar-refractivity contribution in [3.63, 3.8) is 0 Å². The van der Waals surface area contributed by atoms with Crippen molar-refractivity contribution in [3.8, 4) is 0 Å². The second kappa shape index (κ2) is 8.34. The number of guanidine groups is 1. The van der Waals surface area contributed by atoms with Crippen LogP contribution in [0.15, 0.2) is 4.99 Å². The molecule has 1 spiro atoms. The standard InChI is InChI=1S/C21H36N4O.HI/c1-2-22-20(25-13-7-16(15-25)24-11-4-3-5-12-24)23-18-17-8-14-26-19(17)21(18)9-6-10-21;/h16-19H,2-15H2,1H3,(H,22,23);1H. The molecule has 0 bridgehead atoms. The molecule has 6 heteroatoms. The van der Waals surface area contributed by atoms with E-state index in [0.29, 0.717) is 17.6 Å². The van der Waals surface area contributed by atoms with Crippen LogP contribution >= 0.6 is 24.0 Å². The fraction of sp³-hybridized carbons (Fsp3) is 0.952. The van der Waals surface area contributed by atoms with E-state index in [2.05, 4.69) is 22.0 Å². The zero-order chi connectivity index (χ0) is 17.6. The molecule has 0 amide bonds. The van der Waals surface area contributed by atoms with Gasteiger partial charge in [0.15, 0.2) is 5.96 Å². The topological polar surface area (TPSA) is 40.1 Å². The van der Waals surface area contributed by atoms with Crippen LogP contribution in [0.25, 0.3) is 0 Å². The van der Waals surface area contributed by atoms with E-state index in [1.807, 2.05) is 0 Å². The van der Waals surface area contributed by atoms with E-state index >= 15 is 0 Å². The Morgan fingerprint density at radius 3 is 2.63 bits per heavy atom. The van der Waals surface area contributed by atoms with Gasteiger partial charge in [-0.2, -0.15) is 0 Å². The summed E-state index contributed by atoms with van der Waals surface area (Å²) in [6.07, 6.45) is 11.4. The first-order valence-corrected chi connectivity index (χ1v) is 11.2. The second-order valence-corrected chi connectivity index (χ2v) is 9.24. The molecule has 2 aliphatic carbocycles. The number of piperidine rings is 1. The molecule has 4 unspecified atom stereocenters. The van der Waals surface area contributed by atoms with Crippen molar-refractivity contribution in [1.29, 1.82) is 0 Å². The van der Waals surface area contributed by atoms with Gasteiger partial charge in [0.2, 0.25) is 0 Å². The predicted octanol–water partition coefficient (Wildman–Crippen LogP) is 3.09. The van der Waals surface area contributed by atoms with Gasteiger partial charge >= 0.3 is 0 Å². The SMILES string of the molecule is CCN=C(NC1C2CCOC2C12CCC2)N1CCC(N2CCCCC2)C1.I. The number of halogens is 1. The molecule has 5 nitrogen and oxygen atoms in total. The largest absolute Gasteiger partial charge is 0.377 e. The minimum atomic E-state index is 0. The summed E-state index contributed by atoms with van der Waals surface area (Å²) in [7, 11) is 0. The Morgan fingerprint density at radius 1 is 1.11 bits per heavy atom. The van der Waals surface area contributed by atoms with Gasteiger partial charge in [-0.05, 0) is 58.5 Å². The van der Waals surface area contributed by atoms with Crippen molar-refractivity contribution < 1.29 is 4.74 Å². The lowest BCUT2D eigenvalue weighted by molar-refractivity contribution is -0.171. The van der Waals surface area contributed by atoms with Crippen molar-refractivity contribution in [1.82, 2.24) is 15.1 Å². The van der Waals surface area contributed by atoms with Crippen LogP contribution in [-0.2, 0) is 4.74 Å². The molecule has 5 fully saturated rings. The monoisotopic (exact) mass is 488 g/mol. The van der Waals surface area contributed by atoms with Crippen LogP contribution in [0.1, 0.15) is 58.3 Å². The zero-order valence-corrected chi connectivity index (χ0v) is 19.2. The molecule has 2 saturated carbocycles. The van der Waals surface area contributed by atoms with Crippen LogP contribution in [0.4, 0.5) is 0 Å².